The number of nitrogens with one attached hydrogen (secondary N) is 1. The third-order valence-corrected chi connectivity index (χ3v) is 6.51. The van der Waals surface area contributed by atoms with Crippen molar-refractivity contribution >= 4 is 10.9 Å². The highest BCUT2D eigenvalue weighted by atomic mass is 15.1. The van der Waals surface area contributed by atoms with Gasteiger partial charge in [-0.1, -0.05) is 25.3 Å². The zero-order valence-electron chi connectivity index (χ0n) is 14.1. The van der Waals surface area contributed by atoms with Gasteiger partial charge in [-0.3, -0.25) is 0 Å². The van der Waals surface area contributed by atoms with Gasteiger partial charge in [0.1, 0.15) is 0 Å². The van der Waals surface area contributed by atoms with E-state index < -0.39 is 0 Å². The number of aromatic nitrogens is 1. The fourth-order valence-electron chi connectivity index (χ4n) is 5.39. The van der Waals surface area contributed by atoms with E-state index in [-0.39, 0.29) is 0 Å². The third-order valence-electron chi connectivity index (χ3n) is 6.51. The Bertz CT molecular complexity index is 721. The van der Waals surface area contributed by atoms with E-state index in [0.29, 0.717) is 6.04 Å². The third kappa shape index (κ3) is 2.26. The number of hydrogen-bond donors (Lipinski definition) is 1. The van der Waals surface area contributed by atoms with Crippen molar-refractivity contribution in [1.82, 2.24) is 9.88 Å². The molecule has 122 valence electrons. The lowest BCUT2D eigenvalue weighted by Gasteiger charge is -2.24. The van der Waals surface area contributed by atoms with Gasteiger partial charge in [0.15, 0.2) is 0 Å². The van der Waals surface area contributed by atoms with Crippen molar-refractivity contribution in [1.29, 1.82) is 0 Å². The minimum atomic E-state index is 0.604. The molecule has 0 saturated heterocycles. The van der Waals surface area contributed by atoms with Gasteiger partial charge in [0.2, 0.25) is 0 Å². The molecule has 2 heterocycles. The SMILES string of the molecule is c1cc2c(cc1C1CCCCC1)c1c3n2CCCN[C@@H]3CCC1. The summed E-state index contributed by atoms with van der Waals surface area (Å²) < 4.78 is 2.65. The molecule has 0 amide bonds. The molecule has 1 aliphatic heterocycles. The predicted octanol–water partition coefficient (Wildman–Crippen LogP) is 5.06. The minimum Gasteiger partial charge on any atom is -0.343 e. The van der Waals surface area contributed by atoms with Crippen LogP contribution in [0, 0.1) is 0 Å². The number of hydrogen-bond acceptors (Lipinski definition) is 1. The fraction of sp³-hybridized carbons (Fsp3) is 0.619. The molecular formula is C21H28N2. The Morgan fingerprint density at radius 1 is 0.957 bits per heavy atom. The summed E-state index contributed by atoms with van der Waals surface area (Å²) in [6.45, 7) is 2.37. The second-order valence-corrected chi connectivity index (χ2v) is 7.88. The molecule has 23 heavy (non-hydrogen) atoms. The van der Waals surface area contributed by atoms with Crippen molar-refractivity contribution in [2.75, 3.05) is 6.54 Å². The second-order valence-electron chi connectivity index (χ2n) is 7.88. The average molecular weight is 308 g/mol. The molecule has 0 radical (unpaired) electrons. The van der Waals surface area contributed by atoms with Crippen molar-refractivity contribution < 1.29 is 0 Å². The zero-order chi connectivity index (χ0) is 15.2. The van der Waals surface area contributed by atoms with E-state index >= 15 is 0 Å². The van der Waals surface area contributed by atoms with Crippen LogP contribution in [0.15, 0.2) is 18.2 Å². The molecule has 1 fully saturated rings. The number of aryl methyl sites for hydroxylation is 2. The van der Waals surface area contributed by atoms with Crippen LogP contribution in [0.25, 0.3) is 10.9 Å². The van der Waals surface area contributed by atoms with E-state index in [1.54, 1.807) is 22.2 Å². The predicted molar refractivity (Wildman–Crippen MR) is 96.1 cm³/mol. The van der Waals surface area contributed by atoms with Crippen molar-refractivity contribution in [2.45, 2.75) is 76.3 Å². The molecule has 2 heteroatoms. The van der Waals surface area contributed by atoms with Crippen LogP contribution < -0.4 is 5.32 Å². The van der Waals surface area contributed by atoms with Crippen LogP contribution in [-0.2, 0) is 13.0 Å². The van der Waals surface area contributed by atoms with E-state index in [1.165, 1.54) is 76.4 Å². The number of fused-ring (bicyclic) bond motifs is 3. The lowest BCUT2D eigenvalue weighted by atomic mass is 9.83. The molecule has 0 bridgehead atoms. The van der Waals surface area contributed by atoms with Gasteiger partial charge < -0.3 is 9.88 Å². The normalized spacial score (nSPS) is 25.3. The Morgan fingerprint density at radius 3 is 2.78 bits per heavy atom. The lowest BCUT2D eigenvalue weighted by Crippen LogP contribution is -2.24. The molecule has 1 saturated carbocycles. The molecule has 1 aromatic carbocycles. The van der Waals surface area contributed by atoms with Crippen LogP contribution in [0.5, 0.6) is 0 Å². The molecule has 2 aromatic rings. The molecule has 1 N–H and O–H groups in total. The summed E-state index contributed by atoms with van der Waals surface area (Å²) in [6, 6.07) is 8.07. The molecular weight excluding hydrogens is 280 g/mol. The number of benzene rings is 1. The van der Waals surface area contributed by atoms with E-state index in [9.17, 15) is 0 Å². The van der Waals surface area contributed by atoms with Gasteiger partial charge in [0.05, 0.1) is 0 Å². The van der Waals surface area contributed by atoms with Crippen molar-refractivity contribution in [3.8, 4) is 0 Å². The summed E-state index contributed by atoms with van der Waals surface area (Å²) >= 11 is 0. The monoisotopic (exact) mass is 308 g/mol. The smallest absolute Gasteiger partial charge is 0.0486 e. The first kappa shape index (κ1) is 14.1. The number of nitrogens with zero attached hydrogens (tertiary/aromatic N) is 1. The van der Waals surface area contributed by atoms with Crippen molar-refractivity contribution in [3.63, 3.8) is 0 Å². The second kappa shape index (κ2) is 5.66. The van der Waals surface area contributed by atoms with Crippen molar-refractivity contribution in [2.24, 2.45) is 0 Å². The Balaban J connectivity index is 1.65. The maximum absolute atomic E-state index is 3.80. The topological polar surface area (TPSA) is 17.0 Å². The molecule has 3 aliphatic rings. The van der Waals surface area contributed by atoms with Crippen LogP contribution in [0.2, 0.25) is 0 Å². The van der Waals surface area contributed by atoms with Crippen LogP contribution in [0.1, 0.15) is 80.1 Å². The van der Waals surface area contributed by atoms with Crippen molar-refractivity contribution in [3.05, 3.63) is 35.0 Å². The maximum Gasteiger partial charge on any atom is 0.0486 e. The lowest BCUT2D eigenvalue weighted by molar-refractivity contribution is 0.444. The first-order valence-corrected chi connectivity index (χ1v) is 9.80. The minimum absolute atomic E-state index is 0.604. The van der Waals surface area contributed by atoms with Crippen LogP contribution in [0.3, 0.4) is 0 Å². The highest BCUT2D eigenvalue weighted by molar-refractivity contribution is 5.87. The Labute approximate surface area is 139 Å². The Hall–Kier alpha value is -1.28. The summed E-state index contributed by atoms with van der Waals surface area (Å²) in [7, 11) is 0. The van der Waals surface area contributed by atoms with Gasteiger partial charge >= 0.3 is 0 Å². The maximum atomic E-state index is 3.80. The highest BCUT2D eigenvalue weighted by Crippen LogP contribution is 2.41. The van der Waals surface area contributed by atoms with Gasteiger partial charge in [0.25, 0.3) is 0 Å². The zero-order valence-corrected chi connectivity index (χ0v) is 14.1. The number of rotatable bonds is 1. The van der Waals surface area contributed by atoms with E-state index in [0.717, 1.165) is 5.92 Å². The first-order valence-electron chi connectivity index (χ1n) is 9.80. The fourth-order valence-corrected chi connectivity index (χ4v) is 5.39. The van der Waals surface area contributed by atoms with E-state index in [2.05, 4.69) is 28.1 Å². The summed E-state index contributed by atoms with van der Waals surface area (Å²) in [6.07, 6.45) is 12.3. The van der Waals surface area contributed by atoms with Crippen LogP contribution >= 0.6 is 0 Å². The summed E-state index contributed by atoms with van der Waals surface area (Å²) in [4.78, 5) is 0. The highest BCUT2D eigenvalue weighted by Gasteiger charge is 2.29. The molecule has 5 rings (SSSR count). The summed E-state index contributed by atoms with van der Waals surface area (Å²) in [5.74, 6) is 0.817. The standard InChI is InChI=1S/C21H28N2/c1-2-6-15(7-3-1)16-10-11-20-18(14-16)17-8-4-9-19-21(17)23(20)13-5-12-22-19/h10-11,14-15,19,22H,1-9,12-13H2/t19-/m1/s1. The molecule has 2 nitrogen and oxygen atoms in total. The van der Waals surface area contributed by atoms with E-state index in [4.69, 9.17) is 0 Å². The van der Waals surface area contributed by atoms with Crippen LogP contribution in [-0.4, -0.2) is 11.1 Å². The average Bonchev–Trinajstić information content (AvgIpc) is 2.77. The molecule has 0 spiro atoms. The van der Waals surface area contributed by atoms with Crippen LogP contribution in [0.4, 0.5) is 0 Å². The Morgan fingerprint density at radius 2 is 1.87 bits per heavy atom. The quantitative estimate of drug-likeness (QED) is 0.779. The van der Waals surface area contributed by atoms with Gasteiger partial charge in [-0.25, -0.2) is 0 Å². The molecule has 1 aromatic heterocycles. The first-order chi connectivity index (χ1) is 11.4. The van der Waals surface area contributed by atoms with Gasteiger partial charge in [-0.15, -0.1) is 0 Å². The molecule has 1 atom stereocenters. The molecule has 2 aliphatic carbocycles. The molecule has 0 unspecified atom stereocenters. The Kier molecular flexibility index (Phi) is 3.47. The largest absolute Gasteiger partial charge is 0.343 e. The van der Waals surface area contributed by atoms with Gasteiger partial charge in [-0.05, 0) is 74.2 Å². The van der Waals surface area contributed by atoms with E-state index in [1.807, 2.05) is 0 Å². The summed E-state index contributed by atoms with van der Waals surface area (Å²) in [5, 5.41) is 5.38. The van der Waals surface area contributed by atoms with Gasteiger partial charge in [0, 0.05) is 29.2 Å². The summed E-state index contributed by atoms with van der Waals surface area (Å²) in [5.41, 5.74) is 6.42. The van der Waals surface area contributed by atoms with Gasteiger partial charge in [-0.2, -0.15) is 0 Å².